The molecule has 0 bridgehead atoms. The fourth-order valence-electron chi connectivity index (χ4n) is 2.49. The number of fused-ring (bicyclic) bond motifs is 1. The molecule has 0 aromatic carbocycles. The molecule has 0 amide bonds. The van der Waals surface area contributed by atoms with Gasteiger partial charge < -0.3 is 4.74 Å². The van der Waals surface area contributed by atoms with Crippen LogP contribution in [0.15, 0.2) is 24.4 Å². The van der Waals surface area contributed by atoms with Gasteiger partial charge in [0.25, 0.3) is 0 Å². The lowest BCUT2D eigenvalue weighted by atomic mass is 9.91. The van der Waals surface area contributed by atoms with Crippen LogP contribution in [0.2, 0.25) is 0 Å². The maximum atomic E-state index is 12.0. The largest absolute Gasteiger partial charge is 0.465 e. The summed E-state index contributed by atoms with van der Waals surface area (Å²) in [6.07, 6.45) is 4.60. The van der Waals surface area contributed by atoms with E-state index in [0.717, 1.165) is 35.7 Å². The highest BCUT2D eigenvalue weighted by atomic mass is 32.1. The van der Waals surface area contributed by atoms with Crippen LogP contribution in [-0.4, -0.2) is 22.5 Å². The molecule has 0 radical (unpaired) electrons. The maximum Gasteiger partial charge on any atom is 0.315 e. The predicted molar refractivity (Wildman–Crippen MR) is 77.7 cm³/mol. The Hall–Kier alpha value is -1.75. The molecule has 0 saturated carbocycles. The highest BCUT2D eigenvalue weighted by Crippen LogP contribution is 2.38. The van der Waals surface area contributed by atoms with Gasteiger partial charge in [-0.3, -0.25) is 9.78 Å². The van der Waals surface area contributed by atoms with Gasteiger partial charge in [-0.2, -0.15) is 0 Å². The monoisotopic (exact) mass is 288 g/mol. The van der Waals surface area contributed by atoms with Crippen molar-refractivity contribution in [3.63, 3.8) is 0 Å². The number of pyridine rings is 1. The van der Waals surface area contributed by atoms with Crippen molar-refractivity contribution in [3.05, 3.63) is 35.0 Å². The van der Waals surface area contributed by atoms with Gasteiger partial charge in [0, 0.05) is 11.1 Å². The van der Waals surface area contributed by atoms with E-state index in [9.17, 15) is 4.79 Å². The fraction of sp³-hybridized carbons (Fsp3) is 0.400. The predicted octanol–water partition coefficient (Wildman–Crippen LogP) is 3.19. The van der Waals surface area contributed by atoms with Gasteiger partial charge in [-0.1, -0.05) is 6.07 Å². The summed E-state index contributed by atoms with van der Waals surface area (Å²) < 4.78 is 5.16. The Kier molecular flexibility index (Phi) is 3.78. The summed E-state index contributed by atoms with van der Waals surface area (Å²) in [4.78, 5) is 22.2. The van der Waals surface area contributed by atoms with E-state index in [1.807, 2.05) is 25.1 Å². The van der Waals surface area contributed by atoms with Crippen LogP contribution >= 0.6 is 11.3 Å². The first-order valence-electron chi connectivity index (χ1n) is 6.87. The molecule has 0 fully saturated rings. The van der Waals surface area contributed by atoms with Crippen LogP contribution in [0.3, 0.4) is 0 Å². The third kappa shape index (κ3) is 2.45. The van der Waals surface area contributed by atoms with E-state index < -0.39 is 0 Å². The first-order valence-corrected chi connectivity index (χ1v) is 7.69. The lowest BCUT2D eigenvalue weighted by Crippen LogP contribution is -2.20. The molecule has 1 aliphatic rings. The van der Waals surface area contributed by atoms with Crippen LogP contribution < -0.4 is 0 Å². The number of thiazole rings is 1. The Morgan fingerprint density at radius 3 is 3.15 bits per heavy atom. The molecule has 3 rings (SSSR count). The van der Waals surface area contributed by atoms with E-state index in [0.29, 0.717) is 6.61 Å². The van der Waals surface area contributed by atoms with E-state index in [4.69, 9.17) is 4.74 Å². The van der Waals surface area contributed by atoms with Crippen molar-refractivity contribution < 1.29 is 9.53 Å². The number of ether oxygens (including phenoxy) is 1. The van der Waals surface area contributed by atoms with Gasteiger partial charge >= 0.3 is 5.97 Å². The van der Waals surface area contributed by atoms with Crippen LogP contribution in [0.25, 0.3) is 10.7 Å². The topological polar surface area (TPSA) is 52.1 Å². The third-order valence-electron chi connectivity index (χ3n) is 3.41. The normalized spacial score (nSPS) is 17.6. The van der Waals surface area contributed by atoms with E-state index in [1.54, 1.807) is 17.5 Å². The van der Waals surface area contributed by atoms with Gasteiger partial charge in [-0.05, 0) is 38.3 Å². The molecular formula is C15H16N2O2S. The Labute approximate surface area is 121 Å². The fourth-order valence-corrected chi connectivity index (χ4v) is 3.63. The average molecular weight is 288 g/mol. The Bertz CT molecular complexity index is 610. The second kappa shape index (κ2) is 5.71. The number of carbonyl (C=O) groups is 1. The zero-order chi connectivity index (χ0) is 13.9. The van der Waals surface area contributed by atoms with Crippen LogP contribution in [0.1, 0.15) is 36.3 Å². The number of nitrogens with zero attached hydrogens (tertiary/aromatic N) is 2. The molecule has 2 aromatic rings. The van der Waals surface area contributed by atoms with Crippen LogP contribution in [0.4, 0.5) is 0 Å². The van der Waals surface area contributed by atoms with Crippen LogP contribution in [0.5, 0.6) is 0 Å². The minimum atomic E-state index is -0.201. The molecule has 20 heavy (non-hydrogen) atoms. The van der Waals surface area contributed by atoms with Gasteiger partial charge in [-0.15, -0.1) is 11.3 Å². The van der Waals surface area contributed by atoms with Gasteiger partial charge in [0.15, 0.2) is 0 Å². The summed E-state index contributed by atoms with van der Waals surface area (Å²) in [5.74, 6) is -0.348. The van der Waals surface area contributed by atoms with Crippen molar-refractivity contribution in [3.8, 4) is 10.7 Å². The molecule has 0 spiro atoms. The summed E-state index contributed by atoms with van der Waals surface area (Å²) in [5.41, 5.74) is 1.77. The molecule has 0 N–H and O–H groups in total. The molecule has 0 aliphatic heterocycles. The van der Waals surface area contributed by atoms with Crippen LogP contribution in [-0.2, 0) is 16.0 Å². The van der Waals surface area contributed by atoms with E-state index >= 15 is 0 Å². The first kappa shape index (κ1) is 13.2. The highest BCUT2D eigenvalue weighted by Gasteiger charge is 2.31. The standard InChI is InChI=1S/C15H16N2O2S/c1-2-19-15(18)10-6-5-8-12-13(10)17-14(20-12)11-7-3-4-9-16-11/h3-4,7,9-10H,2,5-6,8H2,1H3. The second-order valence-corrected chi connectivity index (χ2v) is 5.82. The molecule has 1 unspecified atom stereocenters. The van der Waals surface area contributed by atoms with Crippen molar-refractivity contribution in [2.45, 2.75) is 32.1 Å². The molecule has 5 heteroatoms. The first-order chi connectivity index (χ1) is 9.79. The molecule has 4 nitrogen and oxygen atoms in total. The highest BCUT2D eigenvalue weighted by molar-refractivity contribution is 7.15. The number of hydrogen-bond acceptors (Lipinski definition) is 5. The van der Waals surface area contributed by atoms with Crippen molar-refractivity contribution >= 4 is 17.3 Å². The summed E-state index contributed by atoms with van der Waals surface area (Å²) in [5, 5.41) is 0.895. The maximum absolute atomic E-state index is 12.0. The smallest absolute Gasteiger partial charge is 0.315 e. The molecule has 0 saturated heterocycles. The SMILES string of the molecule is CCOC(=O)C1CCCc2sc(-c3ccccn3)nc21. The molecule has 2 heterocycles. The lowest BCUT2D eigenvalue weighted by Gasteiger charge is -2.19. The number of hydrogen-bond donors (Lipinski definition) is 0. The van der Waals surface area contributed by atoms with Gasteiger partial charge in [0.2, 0.25) is 0 Å². The quantitative estimate of drug-likeness (QED) is 0.814. The van der Waals surface area contributed by atoms with Crippen molar-refractivity contribution in [2.75, 3.05) is 6.61 Å². The Morgan fingerprint density at radius 2 is 2.40 bits per heavy atom. The van der Waals surface area contributed by atoms with E-state index in [1.165, 1.54) is 4.88 Å². The summed E-state index contributed by atoms with van der Waals surface area (Å²) in [6.45, 7) is 2.25. The summed E-state index contributed by atoms with van der Waals surface area (Å²) >= 11 is 1.65. The Balaban J connectivity index is 1.95. The minimum absolute atomic E-state index is 0.147. The summed E-state index contributed by atoms with van der Waals surface area (Å²) in [6, 6.07) is 5.79. The minimum Gasteiger partial charge on any atom is -0.465 e. The van der Waals surface area contributed by atoms with Crippen LogP contribution in [0, 0.1) is 0 Å². The Morgan fingerprint density at radius 1 is 1.50 bits per heavy atom. The molecule has 1 aliphatic carbocycles. The molecule has 104 valence electrons. The summed E-state index contributed by atoms with van der Waals surface area (Å²) in [7, 11) is 0. The van der Waals surface area contributed by atoms with Gasteiger partial charge in [0.05, 0.1) is 18.0 Å². The average Bonchev–Trinajstić information content (AvgIpc) is 2.92. The van der Waals surface area contributed by atoms with Gasteiger partial charge in [0.1, 0.15) is 10.9 Å². The molecule has 1 atom stereocenters. The zero-order valence-electron chi connectivity index (χ0n) is 11.3. The molecular weight excluding hydrogens is 272 g/mol. The second-order valence-electron chi connectivity index (χ2n) is 4.74. The number of aromatic nitrogens is 2. The van der Waals surface area contributed by atoms with Crippen molar-refractivity contribution in [2.24, 2.45) is 0 Å². The number of rotatable bonds is 3. The number of aryl methyl sites for hydroxylation is 1. The molecule has 2 aromatic heterocycles. The number of carbonyl (C=O) groups excluding carboxylic acids is 1. The third-order valence-corrected chi connectivity index (χ3v) is 4.56. The van der Waals surface area contributed by atoms with E-state index in [2.05, 4.69) is 9.97 Å². The van der Waals surface area contributed by atoms with Gasteiger partial charge in [-0.25, -0.2) is 4.98 Å². The van der Waals surface area contributed by atoms with Crippen molar-refractivity contribution in [1.29, 1.82) is 0 Å². The lowest BCUT2D eigenvalue weighted by molar-refractivity contribution is -0.145. The number of esters is 1. The van der Waals surface area contributed by atoms with E-state index in [-0.39, 0.29) is 11.9 Å². The zero-order valence-corrected chi connectivity index (χ0v) is 12.2. The van der Waals surface area contributed by atoms with Crippen molar-refractivity contribution in [1.82, 2.24) is 9.97 Å².